The van der Waals surface area contributed by atoms with Gasteiger partial charge in [-0.1, -0.05) is 54.6 Å². The van der Waals surface area contributed by atoms with Gasteiger partial charge in [0.15, 0.2) is 0 Å². The number of hydrogen-bond acceptors (Lipinski definition) is 7. The number of halogens is 1. The third-order valence-corrected chi connectivity index (χ3v) is 7.50. The van der Waals surface area contributed by atoms with Gasteiger partial charge in [-0.25, -0.2) is 9.37 Å². The maximum atomic E-state index is 13.5. The van der Waals surface area contributed by atoms with Gasteiger partial charge >= 0.3 is 0 Å². The summed E-state index contributed by atoms with van der Waals surface area (Å²) in [4.78, 5) is 24.4. The van der Waals surface area contributed by atoms with E-state index in [1.165, 1.54) is 23.7 Å². The van der Waals surface area contributed by atoms with E-state index in [4.69, 9.17) is 9.72 Å². The number of carbonyl (C=O) groups is 1. The van der Waals surface area contributed by atoms with Crippen LogP contribution in [0.3, 0.4) is 0 Å². The Kier molecular flexibility index (Phi) is 8.68. The lowest BCUT2D eigenvalue weighted by Crippen LogP contribution is -2.51. The largest absolute Gasteiger partial charge is 0.492 e. The summed E-state index contributed by atoms with van der Waals surface area (Å²) in [6.07, 6.45) is 0.509. The van der Waals surface area contributed by atoms with E-state index in [-0.39, 0.29) is 18.3 Å². The first-order valence-corrected chi connectivity index (χ1v) is 14.0. The lowest BCUT2D eigenvalue weighted by molar-refractivity contribution is -0.130. The van der Waals surface area contributed by atoms with Crippen LogP contribution in [0, 0.1) is 5.82 Å². The number of carbonyl (C=O) groups excluding carboxylic acids is 1. The molecule has 0 spiro atoms. The van der Waals surface area contributed by atoms with E-state index < -0.39 is 0 Å². The Morgan fingerprint density at radius 3 is 2.41 bits per heavy atom. The van der Waals surface area contributed by atoms with Gasteiger partial charge in [0.2, 0.25) is 11.0 Å². The van der Waals surface area contributed by atoms with Gasteiger partial charge < -0.3 is 19.4 Å². The number of rotatable bonds is 10. The van der Waals surface area contributed by atoms with Crippen LogP contribution in [0.15, 0.2) is 78.9 Å². The molecule has 1 aliphatic heterocycles. The molecule has 2 heterocycles. The zero-order valence-corrected chi connectivity index (χ0v) is 22.8. The second-order valence-corrected chi connectivity index (χ2v) is 10.1. The fraction of sp³-hybridized carbons (Fsp3) is 0.300. The zero-order valence-electron chi connectivity index (χ0n) is 22.0. The molecule has 0 bridgehead atoms. The molecule has 1 amide bonds. The van der Waals surface area contributed by atoms with Gasteiger partial charge in [-0.3, -0.25) is 4.79 Å². The quantitative estimate of drug-likeness (QED) is 0.279. The van der Waals surface area contributed by atoms with E-state index in [9.17, 15) is 9.18 Å². The summed E-state index contributed by atoms with van der Waals surface area (Å²) in [5.41, 5.74) is 3.10. The van der Waals surface area contributed by atoms with Crippen LogP contribution < -0.4 is 14.5 Å². The number of amides is 1. The van der Waals surface area contributed by atoms with Crippen LogP contribution in [-0.2, 0) is 17.8 Å². The van der Waals surface area contributed by atoms with Crippen LogP contribution in [0.25, 0.3) is 0 Å². The number of anilines is 2. The van der Waals surface area contributed by atoms with E-state index in [0.29, 0.717) is 43.6 Å². The summed E-state index contributed by atoms with van der Waals surface area (Å²) in [6.45, 7) is 6.15. The van der Waals surface area contributed by atoms with E-state index >= 15 is 0 Å². The van der Waals surface area contributed by atoms with Crippen molar-refractivity contribution in [1.82, 2.24) is 14.3 Å². The smallest absolute Gasteiger partial charge is 0.242 e. The second-order valence-electron chi connectivity index (χ2n) is 9.41. The third kappa shape index (κ3) is 6.92. The standard InChI is InChI=1S/C30H32FN5O2S/c1-2-38-27-11-7-6-10-26(27)34-16-18-35(19-17-34)29(37)22-36(21-24-8-4-3-5-9-24)30-32-28(33-39-30)20-23-12-14-25(31)15-13-23/h3-15H,2,16-22H2,1H3. The number of para-hydroxylation sites is 2. The summed E-state index contributed by atoms with van der Waals surface area (Å²) in [5.74, 6) is 1.34. The molecule has 0 atom stereocenters. The lowest BCUT2D eigenvalue weighted by atomic mass is 10.1. The van der Waals surface area contributed by atoms with Crippen LogP contribution in [0.1, 0.15) is 23.9 Å². The van der Waals surface area contributed by atoms with Crippen molar-refractivity contribution in [1.29, 1.82) is 0 Å². The minimum Gasteiger partial charge on any atom is -0.492 e. The van der Waals surface area contributed by atoms with Crippen LogP contribution in [-0.4, -0.2) is 59.5 Å². The van der Waals surface area contributed by atoms with E-state index in [0.717, 1.165) is 35.7 Å². The first-order chi connectivity index (χ1) is 19.1. The van der Waals surface area contributed by atoms with Crippen molar-refractivity contribution >= 4 is 28.3 Å². The van der Waals surface area contributed by atoms with Crippen molar-refractivity contribution in [2.75, 3.05) is 49.1 Å². The minimum absolute atomic E-state index is 0.0685. The van der Waals surface area contributed by atoms with Gasteiger partial charge in [-0.15, -0.1) is 0 Å². The van der Waals surface area contributed by atoms with E-state index in [1.54, 1.807) is 12.1 Å². The summed E-state index contributed by atoms with van der Waals surface area (Å²) in [5, 5.41) is 0.702. The summed E-state index contributed by atoms with van der Waals surface area (Å²) < 4.78 is 23.6. The van der Waals surface area contributed by atoms with E-state index in [2.05, 4.69) is 15.3 Å². The highest BCUT2D eigenvalue weighted by molar-refractivity contribution is 7.09. The Hall–Kier alpha value is -3.98. The molecule has 0 N–H and O–H groups in total. The summed E-state index contributed by atoms with van der Waals surface area (Å²) >= 11 is 1.29. The Bertz CT molecular complexity index is 1360. The van der Waals surface area contributed by atoms with Crippen molar-refractivity contribution in [3.63, 3.8) is 0 Å². The molecule has 3 aromatic carbocycles. The Morgan fingerprint density at radius 2 is 1.67 bits per heavy atom. The molecule has 9 heteroatoms. The average Bonchev–Trinajstić information content (AvgIpc) is 3.43. The molecule has 39 heavy (non-hydrogen) atoms. The van der Waals surface area contributed by atoms with Crippen LogP contribution in [0.4, 0.5) is 15.2 Å². The summed E-state index contributed by atoms with van der Waals surface area (Å²) in [6, 6.07) is 24.5. The summed E-state index contributed by atoms with van der Waals surface area (Å²) in [7, 11) is 0. The molecule has 202 valence electrons. The molecule has 4 aromatic rings. The number of aromatic nitrogens is 2. The normalized spacial score (nSPS) is 13.4. The van der Waals surface area contributed by atoms with Crippen molar-refractivity contribution in [3.8, 4) is 5.75 Å². The molecule has 0 aliphatic carbocycles. The molecule has 7 nitrogen and oxygen atoms in total. The molecule has 0 saturated carbocycles. The number of ether oxygens (including phenoxy) is 1. The molecular formula is C30H32FN5O2S. The van der Waals surface area contributed by atoms with Crippen molar-refractivity contribution in [2.45, 2.75) is 19.9 Å². The molecule has 5 rings (SSSR count). The highest BCUT2D eigenvalue weighted by atomic mass is 32.1. The van der Waals surface area contributed by atoms with Gasteiger partial charge in [0, 0.05) is 50.7 Å². The molecule has 1 aromatic heterocycles. The molecule has 1 saturated heterocycles. The van der Waals surface area contributed by atoms with Gasteiger partial charge in [0.25, 0.3) is 0 Å². The van der Waals surface area contributed by atoms with Crippen molar-refractivity contribution in [3.05, 3.63) is 102 Å². The second kappa shape index (κ2) is 12.7. The molecule has 0 unspecified atom stereocenters. The maximum Gasteiger partial charge on any atom is 0.242 e. The van der Waals surface area contributed by atoms with Crippen molar-refractivity contribution in [2.24, 2.45) is 0 Å². The molecule has 1 fully saturated rings. The highest BCUT2D eigenvalue weighted by Gasteiger charge is 2.25. The first-order valence-electron chi connectivity index (χ1n) is 13.2. The first kappa shape index (κ1) is 26.6. The average molecular weight is 546 g/mol. The molecule has 0 radical (unpaired) electrons. The Balaban J connectivity index is 1.26. The predicted molar refractivity (Wildman–Crippen MR) is 153 cm³/mol. The molecular weight excluding hydrogens is 513 g/mol. The fourth-order valence-electron chi connectivity index (χ4n) is 4.68. The van der Waals surface area contributed by atoms with Crippen LogP contribution in [0.2, 0.25) is 0 Å². The number of piperazine rings is 1. The van der Waals surface area contributed by atoms with Gasteiger partial charge in [0.05, 0.1) is 18.8 Å². The number of benzene rings is 3. The topological polar surface area (TPSA) is 61.8 Å². The highest BCUT2D eigenvalue weighted by Crippen LogP contribution is 2.29. The van der Waals surface area contributed by atoms with Gasteiger partial charge in [-0.2, -0.15) is 4.37 Å². The predicted octanol–water partition coefficient (Wildman–Crippen LogP) is 5.02. The Morgan fingerprint density at radius 1 is 0.949 bits per heavy atom. The number of nitrogens with zero attached hydrogens (tertiary/aromatic N) is 5. The third-order valence-electron chi connectivity index (χ3n) is 6.68. The van der Waals surface area contributed by atoms with Gasteiger partial charge in [-0.05, 0) is 42.3 Å². The van der Waals surface area contributed by atoms with Crippen LogP contribution >= 0.6 is 11.5 Å². The lowest BCUT2D eigenvalue weighted by Gasteiger charge is -2.37. The maximum absolute atomic E-state index is 13.5. The monoisotopic (exact) mass is 545 g/mol. The SMILES string of the molecule is CCOc1ccccc1N1CCN(C(=O)CN(Cc2ccccc2)c2nc(Cc3ccc(F)cc3)ns2)CC1. The fourth-order valence-corrected chi connectivity index (χ4v) is 5.36. The Labute approximate surface area is 232 Å². The zero-order chi connectivity index (χ0) is 27.0. The van der Waals surface area contributed by atoms with E-state index in [1.807, 2.05) is 65.3 Å². The number of hydrogen-bond donors (Lipinski definition) is 0. The van der Waals surface area contributed by atoms with Gasteiger partial charge in [0.1, 0.15) is 17.4 Å². The minimum atomic E-state index is -0.266. The molecule has 1 aliphatic rings. The van der Waals surface area contributed by atoms with Crippen molar-refractivity contribution < 1.29 is 13.9 Å². The van der Waals surface area contributed by atoms with Crippen LogP contribution in [0.5, 0.6) is 5.75 Å².